The van der Waals surface area contributed by atoms with E-state index >= 15 is 0 Å². The van der Waals surface area contributed by atoms with Gasteiger partial charge in [0.15, 0.2) is 5.60 Å². The SMILES string of the molecule is O=C(Nc1cccc2[nH]cnc12)C1(O)CCSC1. The van der Waals surface area contributed by atoms with Crippen LogP contribution in [0.2, 0.25) is 0 Å². The number of nitrogens with one attached hydrogen (secondary N) is 2. The summed E-state index contributed by atoms with van der Waals surface area (Å²) in [6, 6.07) is 5.51. The maximum Gasteiger partial charge on any atom is 0.257 e. The van der Waals surface area contributed by atoms with Gasteiger partial charge in [-0.1, -0.05) is 6.07 Å². The molecule has 2 aromatic rings. The molecule has 0 radical (unpaired) electrons. The van der Waals surface area contributed by atoms with Crippen LogP contribution in [0.15, 0.2) is 24.5 Å². The van der Waals surface area contributed by atoms with Crippen LogP contribution >= 0.6 is 11.8 Å². The highest BCUT2D eigenvalue weighted by Gasteiger charge is 2.39. The number of amides is 1. The van der Waals surface area contributed by atoms with Crippen LogP contribution in [-0.2, 0) is 4.79 Å². The lowest BCUT2D eigenvalue weighted by molar-refractivity contribution is -0.131. The highest BCUT2D eigenvalue weighted by molar-refractivity contribution is 7.99. The minimum Gasteiger partial charge on any atom is -0.379 e. The zero-order chi connectivity index (χ0) is 12.6. The van der Waals surface area contributed by atoms with Crippen molar-refractivity contribution in [3.05, 3.63) is 24.5 Å². The van der Waals surface area contributed by atoms with Crippen LogP contribution in [0.1, 0.15) is 6.42 Å². The van der Waals surface area contributed by atoms with Crippen molar-refractivity contribution < 1.29 is 9.90 Å². The fourth-order valence-corrected chi connectivity index (χ4v) is 3.28. The second-order valence-electron chi connectivity index (χ2n) is 4.39. The number of aromatic nitrogens is 2. The Morgan fingerprint density at radius 1 is 1.56 bits per heavy atom. The molecule has 1 aromatic carbocycles. The van der Waals surface area contributed by atoms with E-state index < -0.39 is 5.60 Å². The molecule has 94 valence electrons. The first-order valence-corrected chi connectivity index (χ1v) is 6.88. The average molecular weight is 263 g/mol. The van der Waals surface area contributed by atoms with Gasteiger partial charge in [-0.05, 0) is 24.3 Å². The van der Waals surface area contributed by atoms with Crippen molar-refractivity contribution in [2.24, 2.45) is 0 Å². The van der Waals surface area contributed by atoms with Crippen molar-refractivity contribution in [1.29, 1.82) is 0 Å². The van der Waals surface area contributed by atoms with Crippen molar-refractivity contribution in [2.75, 3.05) is 16.8 Å². The van der Waals surface area contributed by atoms with Crippen molar-refractivity contribution in [2.45, 2.75) is 12.0 Å². The van der Waals surface area contributed by atoms with Gasteiger partial charge in [0, 0.05) is 5.75 Å². The van der Waals surface area contributed by atoms with Crippen LogP contribution in [0.4, 0.5) is 5.69 Å². The Morgan fingerprint density at radius 2 is 2.44 bits per heavy atom. The molecule has 2 heterocycles. The lowest BCUT2D eigenvalue weighted by atomic mass is 10.0. The third-order valence-electron chi connectivity index (χ3n) is 3.12. The molecule has 6 heteroatoms. The number of thioether (sulfide) groups is 1. The van der Waals surface area contributed by atoms with Crippen LogP contribution in [0, 0.1) is 0 Å². The zero-order valence-corrected chi connectivity index (χ0v) is 10.5. The molecule has 1 aliphatic heterocycles. The van der Waals surface area contributed by atoms with Gasteiger partial charge >= 0.3 is 0 Å². The molecule has 1 aromatic heterocycles. The lowest BCUT2D eigenvalue weighted by Crippen LogP contribution is -2.42. The Balaban J connectivity index is 1.88. The highest BCUT2D eigenvalue weighted by atomic mass is 32.2. The minimum atomic E-state index is -1.25. The molecular weight excluding hydrogens is 250 g/mol. The standard InChI is InChI=1S/C12H13N3O2S/c16-11(12(17)4-5-18-6-12)15-9-3-1-2-8-10(9)14-7-13-8/h1-3,7,17H,4-6H2,(H,13,14)(H,15,16). The summed E-state index contributed by atoms with van der Waals surface area (Å²) in [4.78, 5) is 19.2. The van der Waals surface area contributed by atoms with Gasteiger partial charge in [-0.15, -0.1) is 0 Å². The van der Waals surface area contributed by atoms with Crippen LogP contribution in [0.25, 0.3) is 11.0 Å². The topological polar surface area (TPSA) is 78.0 Å². The Kier molecular flexibility index (Phi) is 2.76. The van der Waals surface area contributed by atoms with Crippen molar-refractivity contribution in [3.8, 4) is 0 Å². The quantitative estimate of drug-likeness (QED) is 0.764. The number of imidazole rings is 1. The zero-order valence-electron chi connectivity index (χ0n) is 9.64. The number of aromatic amines is 1. The number of fused-ring (bicyclic) bond motifs is 1. The van der Waals surface area contributed by atoms with Crippen molar-refractivity contribution >= 4 is 34.4 Å². The molecule has 1 fully saturated rings. The predicted octanol–water partition coefficient (Wildman–Crippen LogP) is 1.37. The van der Waals surface area contributed by atoms with Gasteiger partial charge in [0.25, 0.3) is 5.91 Å². The third kappa shape index (κ3) is 1.87. The van der Waals surface area contributed by atoms with Crippen LogP contribution in [-0.4, -0.2) is 38.1 Å². The fraction of sp³-hybridized carbons (Fsp3) is 0.333. The van der Waals surface area contributed by atoms with E-state index in [2.05, 4.69) is 15.3 Å². The smallest absolute Gasteiger partial charge is 0.257 e. The summed E-state index contributed by atoms with van der Waals surface area (Å²) in [5.41, 5.74) is 0.952. The first-order chi connectivity index (χ1) is 8.69. The number of aliphatic hydroxyl groups is 1. The normalized spacial score (nSPS) is 23.4. The molecule has 5 nitrogen and oxygen atoms in total. The molecule has 0 aliphatic carbocycles. The van der Waals surface area contributed by atoms with E-state index in [1.54, 1.807) is 24.2 Å². The average Bonchev–Trinajstić information content (AvgIpc) is 2.98. The molecule has 1 unspecified atom stereocenters. The molecule has 0 spiro atoms. The molecule has 18 heavy (non-hydrogen) atoms. The summed E-state index contributed by atoms with van der Waals surface area (Å²) in [5, 5.41) is 13.0. The summed E-state index contributed by atoms with van der Waals surface area (Å²) in [7, 11) is 0. The molecule has 1 amide bonds. The summed E-state index contributed by atoms with van der Waals surface area (Å²) in [5.74, 6) is 0.925. The second kappa shape index (κ2) is 4.29. The monoisotopic (exact) mass is 263 g/mol. The van der Waals surface area contributed by atoms with Gasteiger partial charge in [-0.2, -0.15) is 11.8 Å². The molecule has 0 saturated carbocycles. The molecule has 1 atom stereocenters. The number of hydrogen-bond acceptors (Lipinski definition) is 4. The molecule has 0 bridgehead atoms. The lowest BCUT2D eigenvalue weighted by Gasteiger charge is -2.20. The number of carbonyl (C=O) groups is 1. The summed E-state index contributed by atoms with van der Waals surface area (Å²) in [6.45, 7) is 0. The van der Waals surface area contributed by atoms with Gasteiger partial charge in [0.2, 0.25) is 0 Å². The Labute approximate surface area is 108 Å². The third-order valence-corrected chi connectivity index (χ3v) is 4.30. The summed E-state index contributed by atoms with van der Waals surface area (Å²) in [6.07, 6.45) is 2.08. The maximum atomic E-state index is 12.1. The van der Waals surface area contributed by atoms with Gasteiger partial charge in [-0.3, -0.25) is 4.79 Å². The fourth-order valence-electron chi connectivity index (χ4n) is 2.04. The van der Waals surface area contributed by atoms with E-state index in [1.165, 1.54) is 0 Å². The number of benzene rings is 1. The molecule has 1 saturated heterocycles. The van der Waals surface area contributed by atoms with Crippen LogP contribution in [0.3, 0.4) is 0 Å². The van der Waals surface area contributed by atoms with E-state index in [9.17, 15) is 9.90 Å². The van der Waals surface area contributed by atoms with E-state index in [-0.39, 0.29) is 5.91 Å². The summed E-state index contributed by atoms with van der Waals surface area (Å²) < 4.78 is 0. The summed E-state index contributed by atoms with van der Waals surface area (Å²) >= 11 is 1.59. The van der Waals surface area contributed by atoms with E-state index in [0.717, 1.165) is 11.3 Å². The Hall–Kier alpha value is -1.53. The number of hydrogen-bond donors (Lipinski definition) is 3. The van der Waals surface area contributed by atoms with Crippen LogP contribution < -0.4 is 5.32 Å². The number of rotatable bonds is 2. The molecular formula is C12H13N3O2S. The van der Waals surface area contributed by atoms with Crippen LogP contribution in [0.5, 0.6) is 0 Å². The van der Waals surface area contributed by atoms with E-state index in [4.69, 9.17) is 0 Å². The number of anilines is 1. The van der Waals surface area contributed by atoms with Gasteiger partial charge in [0.05, 0.1) is 17.5 Å². The van der Waals surface area contributed by atoms with Gasteiger partial charge in [0.1, 0.15) is 5.52 Å². The van der Waals surface area contributed by atoms with Crippen molar-refractivity contribution in [3.63, 3.8) is 0 Å². The first-order valence-electron chi connectivity index (χ1n) is 5.73. The maximum absolute atomic E-state index is 12.1. The van der Waals surface area contributed by atoms with E-state index in [1.807, 2.05) is 12.1 Å². The second-order valence-corrected chi connectivity index (χ2v) is 5.50. The Bertz CT molecular complexity index is 590. The largest absolute Gasteiger partial charge is 0.379 e. The number of nitrogens with zero attached hydrogens (tertiary/aromatic N) is 1. The highest BCUT2D eigenvalue weighted by Crippen LogP contribution is 2.29. The number of H-pyrrole nitrogens is 1. The first kappa shape index (κ1) is 11.6. The minimum absolute atomic E-state index is 0.344. The predicted molar refractivity (Wildman–Crippen MR) is 71.6 cm³/mol. The number of para-hydroxylation sites is 1. The number of carbonyl (C=O) groups excluding carboxylic acids is 1. The van der Waals surface area contributed by atoms with Gasteiger partial charge < -0.3 is 15.4 Å². The van der Waals surface area contributed by atoms with Crippen molar-refractivity contribution in [1.82, 2.24) is 9.97 Å². The molecule has 1 aliphatic rings. The molecule has 3 rings (SSSR count). The van der Waals surface area contributed by atoms with E-state index in [0.29, 0.717) is 23.4 Å². The Morgan fingerprint density at radius 3 is 3.22 bits per heavy atom. The van der Waals surface area contributed by atoms with Gasteiger partial charge in [-0.25, -0.2) is 4.98 Å². The molecule has 3 N–H and O–H groups in total.